The van der Waals surface area contributed by atoms with Crippen molar-refractivity contribution in [3.8, 4) is 45.6 Å². The van der Waals surface area contributed by atoms with Gasteiger partial charge >= 0.3 is 0 Å². The van der Waals surface area contributed by atoms with Gasteiger partial charge in [0.1, 0.15) is 34.4 Å². The largest absolute Gasteiger partial charge is 0.507 e. The van der Waals surface area contributed by atoms with Gasteiger partial charge in [-0.15, -0.1) is 0 Å². The molecule has 0 radical (unpaired) electrons. The molecule has 0 atom stereocenters. The number of aliphatic imine (C=N–C) groups is 2. The predicted octanol–water partition coefficient (Wildman–Crippen LogP) is 9.85. The third-order valence-corrected chi connectivity index (χ3v) is 6.79. The number of para-hydroxylation sites is 8. The molecule has 6 aromatic carbocycles. The first-order valence-corrected chi connectivity index (χ1v) is 14.0. The third kappa shape index (κ3) is 6.50. The molecule has 0 fully saturated rings. The zero-order valence-electron chi connectivity index (χ0n) is 23.6. The van der Waals surface area contributed by atoms with Gasteiger partial charge in [0.2, 0.25) is 0 Å². The van der Waals surface area contributed by atoms with Crippen molar-refractivity contribution in [2.45, 2.75) is 0 Å². The Bertz CT molecular complexity index is 1820. The molecule has 0 aliphatic carbocycles. The second kappa shape index (κ2) is 13.2. The first kappa shape index (κ1) is 28.0. The quantitative estimate of drug-likeness (QED) is 0.168. The molecule has 6 aromatic rings. The smallest absolute Gasteiger partial charge is 0.153 e. The fourth-order valence-electron chi connectivity index (χ4n) is 4.57. The van der Waals surface area contributed by atoms with Gasteiger partial charge in [0, 0.05) is 34.7 Å². The van der Waals surface area contributed by atoms with Gasteiger partial charge in [0.25, 0.3) is 0 Å². The normalized spacial score (nSPS) is 11.2. The van der Waals surface area contributed by atoms with Crippen molar-refractivity contribution in [2.24, 2.45) is 9.98 Å². The molecule has 0 aromatic heterocycles. The molecule has 0 heterocycles. The van der Waals surface area contributed by atoms with E-state index < -0.39 is 0 Å². The summed E-state index contributed by atoms with van der Waals surface area (Å²) in [6.45, 7) is 0. The summed E-state index contributed by atoms with van der Waals surface area (Å²) in [7, 11) is 0. The van der Waals surface area contributed by atoms with E-state index in [9.17, 15) is 10.2 Å². The first-order valence-electron chi connectivity index (χ1n) is 14.0. The van der Waals surface area contributed by atoms with Crippen LogP contribution in [0.25, 0.3) is 11.1 Å². The van der Waals surface area contributed by atoms with Crippen LogP contribution in [0.15, 0.2) is 156 Å². The topological polar surface area (TPSA) is 83.6 Å². The molecule has 0 bridgehead atoms. The third-order valence-electron chi connectivity index (χ3n) is 6.79. The van der Waals surface area contributed by atoms with Gasteiger partial charge in [-0.3, -0.25) is 9.98 Å². The van der Waals surface area contributed by atoms with Gasteiger partial charge in [0.15, 0.2) is 11.5 Å². The van der Waals surface area contributed by atoms with E-state index in [1.54, 1.807) is 48.8 Å². The Balaban J connectivity index is 1.31. The molecular weight excluding hydrogens is 548 g/mol. The molecule has 6 nitrogen and oxygen atoms in total. The number of rotatable bonds is 9. The maximum absolute atomic E-state index is 10.1. The van der Waals surface area contributed by atoms with E-state index in [0.717, 1.165) is 11.1 Å². The van der Waals surface area contributed by atoms with Gasteiger partial charge < -0.3 is 19.7 Å². The molecule has 0 aliphatic rings. The van der Waals surface area contributed by atoms with Crippen LogP contribution in [0.3, 0.4) is 0 Å². The zero-order chi connectivity index (χ0) is 30.1. The highest BCUT2D eigenvalue weighted by molar-refractivity contribution is 5.87. The monoisotopic (exact) mass is 576 g/mol. The van der Waals surface area contributed by atoms with Gasteiger partial charge in [-0.2, -0.15) is 0 Å². The minimum absolute atomic E-state index is 0.155. The van der Waals surface area contributed by atoms with E-state index in [2.05, 4.69) is 9.98 Å². The highest BCUT2D eigenvalue weighted by atomic mass is 16.5. The van der Waals surface area contributed by atoms with E-state index in [1.165, 1.54) is 0 Å². The highest BCUT2D eigenvalue weighted by Crippen LogP contribution is 2.42. The summed E-state index contributed by atoms with van der Waals surface area (Å²) in [5.74, 6) is 2.69. The SMILES string of the molecule is Oc1ccccc1C=Nc1ccccc1Oc1ccccc1-c1ccccc1Oc1ccccc1N=Cc1ccccc1O. The van der Waals surface area contributed by atoms with E-state index >= 15 is 0 Å². The molecule has 0 aliphatic heterocycles. The summed E-state index contributed by atoms with van der Waals surface area (Å²) in [4.78, 5) is 9.20. The fourth-order valence-corrected chi connectivity index (χ4v) is 4.57. The summed E-state index contributed by atoms with van der Waals surface area (Å²) in [6, 6.07) is 44.5. The van der Waals surface area contributed by atoms with Crippen LogP contribution in [0, 0.1) is 0 Å². The lowest BCUT2D eigenvalue weighted by Gasteiger charge is -2.16. The van der Waals surface area contributed by atoms with Crippen molar-refractivity contribution in [2.75, 3.05) is 0 Å². The van der Waals surface area contributed by atoms with Crippen LogP contribution in [0.4, 0.5) is 11.4 Å². The second-order valence-electron chi connectivity index (χ2n) is 9.77. The Labute approximate surface area is 255 Å². The molecule has 0 spiro atoms. The summed E-state index contributed by atoms with van der Waals surface area (Å²) in [6.07, 6.45) is 3.23. The molecule has 6 heteroatoms. The first-order chi connectivity index (χ1) is 21.7. The van der Waals surface area contributed by atoms with Crippen LogP contribution in [0.2, 0.25) is 0 Å². The van der Waals surface area contributed by atoms with Gasteiger partial charge in [0.05, 0.1) is 0 Å². The molecule has 0 amide bonds. The van der Waals surface area contributed by atoms with Crippen LogP contribution in [0.5, 0.6) is 34.5 Å². The Hall–Kier alpha value is -6.14. The lowest BCUT2D eigenvalue weighted by molar-refractivity contribution is 0.474. The van der Waals surface area contributed by atoms with E-state index in [0.29, 0.717) is 45.5 Å². The van der Waals surface area contributed by atoms with Crippen molar-refractivity contribution in [3.05, 3.63) is 157 Å². The summed E-state index contributed by atoms with van der Waals surface area (Å²) >= 11 is 0. The van der Waals surface area contributed by atoms with Gasteiger partial charge in [-0.05, 0) is 60.7 Å². The lowest BCUT2D eigenvalue weighted by Crippen LogP contribution is -1.92. The van der Waals surface area contributed by atoms with Crippen molar-refractivity contribution in [1.82, 2.24) is 0 Å². The van der Waals surface area contributed by atoms with Crippen LogP contribution < -0.4 is 9.47 Å². The molecule has 2 N–H and O–H groups in total. The zero-order valence-corrected chi connectivity index (χ0v) is 23.6. The van der Waals surface area contributed by atoms with Crippen molar-refractivity contribution in [3.63, 3.8) is 0 Å². The fraction of sp³-hybridized carbons (Fsp3) is 0. The maximum Gasteiger partial charge on any atom is 0.153 e. The Kier molecular flexibility index (Phi) is 8.42. The molecule has 0 saturated heterocycles. The second-order valence-corrected chi connectivity index (χ2v) is 9.77. The van der Waals surface area contributed by atoms with Gasteiger partial charge in [-0.25, -0.2) is 0 Å². The number of ether oxygens (including phenoxy) is 2. The molecule has 0 unspecified atom stereocenters. The molecule has 0 saturated carbocycles. The van der Waals surface area contributed by atoms with E-state index in [1.807, 2.05) is 109 Å². The Morgan fingerprint density at radius 3 is 1.16 bits per heavy atom. The molecule has 44 heavy (non-hydrogen) atoms. The maximum atomic E-state index is 10.1. The number of aromatic hydroxyl groups is 2. The number of phenolic OH excluding ortho intramolecular Hbond substituents is 2. The van der Waals surface area contributed by atoms with E-state index in [4.69, 9.17) is 9.47 Å². The molecule has 214 valence electrons. The summed E-state index contributed by atoms with van der Waals surface area (Å²) in [5, 5.41) is 20.3. The van der Waals surface area contributed by atoms with Crippen LogP contribution in [-0.2, 0) is 0 Å². The standard InChI is InChI=1S/C38H28N2O4/c41-33-19-7-1-13-27(33)25-39-31-17-5-11-23-37(31)43-35-21-9-3-15-29(35)30-16-4-10-22-36(30)44-38-24-12-6-18-32(38)40-26-28-14-2-8-20-34(28)42/h1-26,41-42H. The Morgan fingerprint density at radius 2 is 0.727 bits per heavy atom. The predicted molar refractivity (Wildman–Crippen MR) is 176 cm³/mol. The Morgan fingerprint density at radius 1 is 0.386 bits per heavy atom. The minimum Gasteiger partial charge on any atom is -0.507 e. The number of hydrogen-bond donors (Lipinski definition) is 2. The van der Waals surface area contributed by atoms with Crippen molar-refractivity contribution in [1.29, 1.82) is 0 Å². The van der Waals surface area contributed by atoms with Gasteiger partial charge in [-0.1, -0.05) is 84.9 Å². The minimum atomic E-state index is 0.155. The number of benzene rings is 6. The molecular formula is C38H28N2O4. The van der Waals surface area contributed by atoms with Crippen molar-refractivity contribution < 1.29 is 19.7 Å². The molecule has 6 rings (SSSR count). The van der Waals surface area contributed by atoms with Crippen LogP contribution >= 0.6 is 0 Å². The summed E-state index contributed by atoms with van der Waals surface area (Å²) in [5.41, 5.74) is 4.12. The van der Waals surface area contributed by atoms with E-state index in [-0.39, 0.29) is 11.5 Å². The lowest BCUT2D eigenvalue weighted by atomic mass is 10.0. The highest BCUT2D eigenvalue weighted by Gasteiger charge is 2.15. The van der Waals surface area contributed by atoms with Crippen molar-refractivity contribution >= 4 is 23.8 Å². The average Bonchev–Trinajstić information content (AvgIpc) is 3.06. The average molecular weight is 577 g/mol. The number of nitrogens with zero attached hydrogens (tertiary/aromatic N) is 2. The van der Waals surface area contributed by atoms with Crippen LogP contribution in [-0.4, -0.2) is 22.6 Å². The summed E-state index contributed by atoms with van der Waals surface area (Å²) < 4.78 is 12.9. The number of phenols is 2. The number of hydrogen-bond acceptors (Lipinski definition) is 6. The van der Waals surface area contributed by atoms with Crippen LogP contribution in [0.1, 0.15) is 11.1 Å².